The van der Waals surface area contributed by atoms with Gasteiger partial charge in [-0.25, -0.2) is 4.79 Å². The third kappa shape index (κ3) is 3.97. The third-order valence-corrected chi connectivity index (χ3v) is 2.32. The molecule has 2 amide bonds. The number of hydrogen-bond acceptors (Lipinski definition) is 4. The summed E-state index contributed by atoms with van der Waals surface area (Å²) in [6.45, 7) is 2.23. The van der Waals surface area contributed by atoms with Crippen LogP contribution in [-0.2, 0) is 4.74 Å². The Bertz CT molecular complexity index is 446. The maximum Gasteiger partial charge on any atom is 0.404 e. The summed E-state index contributed by atoms with van der Waals surface area (Å²) < 4.78 is 4.51. The largest absolute Gasteiger partial charge is 0.448 e. The Hall–Kier alpha value is -2.24. The van der Waals surface area contributed by atoms with Crippen LogP contribution in [0.4, 0.5) is 10.5 Å². The number of hydrogen-bond donors (Lipinski definition) is 3. The fourth-order valence-corrected chi connectivity index (χ4v) is 1.47. The van der Waals surface area contributed by atoms with E-state index in [1.54, 1.807) is 13.1 Å². The predicted octanol–water partition coefficient (Wildman–Crippen LogP) is 0.862. The number of aryl methyl sites for hydroxylation is 1. The molecular weight excluding hydrogens is 234 g/mol. The van der Waals surface area contributed by atoms with Gasteiger partial charge in [-0.1, -0.05) is 6.07 Å². The topological polar surface area (TPSA) is 93.4 Å². The van der Waals surface area contributed by atoms with E-state index in [0.717, 1.165) is 11.3 Å². The van der Waals surface area contributed by atoms with Crippen molar-refractivity contribution in [3.63, 3.8) is 0 Å². The predicted molar refractivity (Wildman–Crippen MR) is 68.6 cm³/mol. The van der Waals surface area contributed by atoms with E-state index in [4.69, 9.17) is 5.73 Å². The van der Waals surface area contributed by atoms with Crippen LogP contribution in [0.15, 0.2) is 18.2 Å². The molecule has 98 valence electrons. The van der Waals surface area contributed by atoms with Crippen molar-refractivity contribution >= 4 is 17.7 Å². The summed E-state index contributed by atoms with van der Waals surface area (Å²) in [5.74, 6) is -0.229. The molecular formula is C12H17N3O3. The zero-order valence-corrected chi connectivity index (χ0v) is 10.4. The zero-order chi connectivity index (χ0) is 13.5. The molecule has 0 radical (unpaired) electrons. The number of nitrogens with one attached hydrogen (secondary N) is 2. The molecule has 0 aliphatic rings. The second kappa shape index (κ2) is 6.48. The van der Waals surface area contributed by atoms with Gasteiger partial charge in [0.05, 0.1) is 12.1 Å². The smallest absolute Gasteiger partial charge is 0.404 e. The van der Waals surface area contributed by atoms with Crippen molar-refractivity contribution in [3.05, 3.63) is 29.3 Å². The molecule has 0 aliphatic carbocycles. The zero-order valence-electron chi connectivity index (χ0n) is 10.4. The standard InChI is InChI=1S/C12H17N3O3/c1-8-3-4-9(10(7-8)14-2)11(16)15-5-6-18-12(13)17/h3-4,7,14H,5-6H2,1-2H3,(H2,13,17)(H,15,16). The number of amides is 2. The summed E-state index contributed by atoms with van der Waals surface area (Å²) in [5, 5.41) is 5.60. The van der Waals surface area contributed by atoms with Gasteiger partial charge in [0.25, 0.3) is 5.91 Å². The van der Waals surface area contributed by atoms with Crippen LogP contribution in [-0.4, -0.2) is 32.2 Å². The molecule has 0 spiro atoms. The number of rotatable bonds is 5. The maximum atomic E-state index is 11.9. The van der Waals surface area contributed by atoms with Crippen molar-refractivity contribution in [1.82, 2.24) is 5.32 Å². The van der Waals surface area contributed by atoms with Crippen LogP contribution in [0.1, 0.15) is 15.9 Å². The Balaban J connectivity index is 2.58. The lowest BCUT2D eigenvalue weighted by atomic mass is 10.1. The molecule has 0 unspecified atom stereocenters. The summed E-state index contributed by atoms with van der Waals surface area (Å²) >= 11 is 0. The van der Waals surface area contributed by atoms with Gasteiger partial charge in [0.2, 0.25) is 0 Å². The molecule has 6 nitrogen and oxygen atoms in total. The summed E-state index contributed by atoms with van der Waals surface area (Å²) in [6.07, 6.45) is -0.851. The van der Waals surface area contributed by atoms with Gasteiger partial charge in [0, 0.05) is 12.7 Å². The van der Waals surface area contributed by atoms with E-state index >= 15 is 0 Å². The normalized spacial score (nSPS) is 9.67. The molecule has 6 heteroatoms. The van der Waals surface area contributed by atoms with Crippen LogP contribution in [0, 0.1) is 6.92 Å². The molecule has 0 heterocycles. The van der Waals surface area contributed by atoms with Gasteiger partial charge in [0.1, 0.15) is 6.61 Å². The first kappa shape index (κ1) is 13.8. The first-order chi connectivity index (χ1) is 8.54. The summed E-state index contributed by atoms with van der Waals surface area (Å²) in [5.41, 5.74) is 7.16. The average Bonchev–Trinajstić information content (AvgIpc) is 2.33. The lowest BCUT2D eigenvalue weighted by molar-refractivity contribution is 0.0937. The van der Waals surface area contributed by atoms with Crippen LogP contribution in [0.3, 0.4) is 0 Å². The average molecular weight is 251 g/mol. The second-order valence-corrected chi connectivity index (χ2v) is 3.72. The second-order valence-electron chi connectivity index (χ2n) is 3.72. The summed E-state index contributed by atoms with van der Waals surface area (Å²) in [7, 11) is 1.75. The molecule has 18 heavy (non-hydrogen) atoms. The minimum Gasteiger partial charge on any atom is -0.448 e. The van der Waals surface area contributed by atoms with Crippen LogP contribution in [0.25, 0.3) is 0 Å². The number of benzene rings is 1. The van der Waals surface area contributed by atoms with E-state index in [-0.39, 0.29) is 19.1 Å². The molecule has 0 fully saturated rings. The van der Waals surface area contributed by atoms with Crippen molar-refractivity contribution in [2.75, 3.05) is 25.5 Å². The number of carbonyl (C=O) groups is 2. The monoisotopic (exact) mass is 251 g/mol. The minimum atomic E-state index is -0.851. The van der Waals surface area contributed by atoms with Gasteiger partial charge in [-0.15, -0.1) is 0 Å². The Morgan fingerprint density at radius 1 is 1.39 bits per heavy atom. The molecule has 0 saturated carbocycles. The van der Waals surface area contributed by atoms with Gasteiger partial charge in [-0.3, -0.25) is 4.79 Å². The molecule has 1 aromatic carbocycles. The van der Waals surface area contributed by atoms with E-state index in [0.29, 0.717) is 5.56 Å². The SMILES string of the molecule is CNc1cc(C)ccc1C(=O)NCCOC(N)=O. The number of ether oxygens (including phenoxy) is 1. The van der Waals surface area contributed by atoms with E-state index in [9.17, 15) is 9.59 Å². The van der Waals surface area contributed by atoms with Gasteiger partial charge in [0.15, 0.2) is 0 Å². The highest BCUT2D eigenvalue weighted by Gasteiger charge is 2.10. The number of primary amides is 1. The maximum absolute atomic E-state index is 11.9. The number of nitrogens with two attached hydrogens (primary N) is 1. The van der Waals surface area contributed by atoms with Gasteiger partial charge in [-0.2, -0.15) is 0 Å². The first-order valence-corrected chi connectivity index (χ1v) is 5.53. The van der Waals surface area contributed by atoms with Crippen molar-refractivity contribution in [3.8, 4) is 0 Å². The number of carbonyl (C=O) groups excluding carboxylic acids is 2. The Kier molecular flexibility index (Phi) is 4.98. The third-order valence-electron chi connectivity index (χ3n) is 2.32. The van der Waals surface area contributed by atoms with Gasteiger partial charge < -0.3 is 21.1 Å². The molecule has 4 N–H and O–H groups in total. The summed E-state index contributed by atoms with van der Waals surface area (Å²) in [6, 6.07) is 5.48. The van der Waals surface area contributed by atoms with E-state index in [1.807, 2.05) is 19.1 Å². The Morgan fingerprint density at radius 3 is 2.72 bits per heavy atom. The highest BCUT2D eigenvalue weighted by Crippen LogP contribution is 2.16. The van der Waals surface area contributed by atoms with Crippen molar-refractivity contribution < 1.29 is 14.3 Å². The molecule has 1 aromatic rings. The van der Waals surface area contributed by atoms with Crippen LogP contribution < -0.4 is 16.4 Å². The summed E-state index contributed by atoms with van der Waals surface area (Å²) in [4.78, 5) is 22.2. The first-order valence-electron chi connectivity index (χ1n) is 5.53. The van der Waals surface area contributed by atoms with Crippen molar-refractivity contribution in [2.24, 2.45) is 5.73 Å². The lowest BCUT2D eigenvalue weighted by Gasteiger charge is -2.10. The Morgan fingerprint density at radius 2 is 2.11 bits per heavy atom. The quantitative estimate of drug-likeness (QED) is 0.677. The van der Waals surface area contributed by atoms with E-state index < -0.39 is 6.09 Å². The van der Waals surface area contributed by atoms with Crippen LogP contribution in [0.2, 0.25) is 0 Å². The van der Waals surface area contributed by atoms with Crippen molar-refractivity contribution in [1.29, 1.82) is 0 Å². The molecule has 0 atom stereocenters. The fourth-order valence-electron chi connectivity index (χ4n) is 1.47. The highest BCUT2D eigenvalue weighted by molar-refractivity contribution is 5.99. The van der Waals surface area contributed by atoms with Crippen LogP contribution in [0.5, 0.6) is 0 Å². The molecule has 0 bridgehead atoms. The van der Waals surface area contributed by atoms with Gasteiger partial charge in [-0.05, 0) is 24.6 Å². The van der Waals surface area contributed by atoms with Crippen molar-refractivity contribution in [2.45, 2.75) is 6.92 Å². The van der Waals surface area contributed by atoms with Gasteiger partial charge >= 0.3 is 6.09 Å². The molecule has 0 aromatic heterocycles. The minimum absolute atomic E-state index is 0.0574. The highest BCUT2D eigenvalue weighted by atomic mass is 16.5. The molecule has 0 aliphatic heterocycles. The molecule has 1 rings (SSSR count). The fraction of sp³-hybridized carbons (Fsp3) is 0.333. The number of anilines is 1. The Labute approximate surface area is 105 Å². The van der Waals surface area contributed by atoms with E-state index in [1.165, 1.54) is 0 Å². The van der Waals surface area contributed by atoms with Crippen LogP contribution >= 0.6 is 0 Å². The van der Waals surface area contributed by atoms with E-state index in [2.05, 4.69) is 15.4 Å². The lowest BCUT2D eigenvalue weighted by Crippen LogP contribution is -2.29. The molecule has 0 saturated heterocycles.